The molecule has 19 heavy (non-hydrogen) atoms. The highest BCUT2D eigenvalue weighted by atomic mass is 32.2. The van der Waals surface area contributed by atoms with Crippen molar-refractivity contribution in [2.24, 2.45) is 7.05 Å². The molecule has 2 atom stereocenters. The molecule has 1 saturated carbocycles. The van der Waals surface area contributed by atoms with Crippen LogP contribution in [0.25, 0.3) is 11.0 Å². The standard InChI is InChI=1S/C15H21N3S/c1-3-19-14-10-6-8-12(14)17-15-16-11-7-4-5-9-13(11)18(15)2/h4-5,7,9,12,14H,3,6,8,10H2,1-2H3,(H,16,17). The van der Waals surface area contributed by atoms with Crippen molar-refractivity contribution in [1.29, 1.82) is 0 Å². The van der Waals surface area contributed by atoms with Crippen molar-refractivity contribution in [3.8, 4) is 0 Å². The van der Waals surface area contributed by atoms with Crippen LogP contribution in [0.1, 0.15) is 26.2 Å². The van der Waals surface area contributed by atoms with Crippen molar-refractivity contribution in [2.75, 3.05) is 11.1 Å². The first-order chi connectivity index (χ1) is 9.29. The summed E-state index contributed by atoms with van der Waals surface area (Å²) in [6.07, 6.45) is 3.93. The summed E-state index contributed by atoms with van der Waals surface area (Å²) in [5.41, 5.74) is 2.27. The van der Waals surface area contributed by atoms with Crippen LogP contribution in [0.5, 0.6) is 0 Å². The molecule has 4 heteroatoms. The molecule has 1 aromatic heterocycles. The van der Waals surface area contributed by atoms with Gasteiger partial charge in [0, 0.05) is 18.3 Å². The van der Waals surface area contributed by atoms with E-state index in [1.54, 1.807) is 0 Å². The highest BCUT2D eigenvalue weighted by Gasteiger charge is 2.28. The highest BCUT2D eigenvalue weighted by molar-refractivity contribution is 7.99. The molecule has 1 fully saturated rings. The molecule has 3 rings (SSSR count). The number of anilines is 1. The number of aryl methyl sites for hydroxylation is 1. The van der Waals surface area contributed by atoms with E-state index < -0.39 is 0 Å². The molecular weight excluding hydrogens is 254 g/mol. The van der Waals surface area contributed by atoms with E-state index in [1.807, 2.05) is 6.07 Å². The molecule has 1 heterocycles. The summed E-state index contributed by atoms with van der Waals surface area (Å²) in [6.45, 7) is 2.25. The second-order valence-electron chi connectivity index (χ2n) is 5.16. The number of nitrogens with zero attached hydrogens (tertiary/aromatic N) is 2. The summed E-state index contributed by atoms with van der Waals surface area (Å²) in [5.74, 6) is 2.21. The summed E-state index contributed by atoms with van der Waals surface area (Å²) >= 11 is 2.08. The van der Waals surface area contributed by atoms with Crippen LogP contribution in [0.4, 0.5) is 5.95 Å². The Morgan fingerprint density at radius 3 is 3.00 bits per heavy atom. The third kappa shape index (κ3) is 2.46. The van der Waals surface area contributed by atoms with Gasteiger partial charge in [0.05, 0.1) is 11.0 Å². The van der Waals surface area contributed by atoms with Crippen LogP contribution in [0, 0.1) is 0 Å². The number of benzene rings is 1. The van der Waals surface area contributed by atoms with E-state index in [4.69, 9.17) is 4.98 Å². The minimum atomic E-state index is 0.570. The van der Waals surface area contributed by atoms with Crippen molar-refractivity contribution >= 4 is 28.7 Å². The molecule has 0 aliphatic heterocycles. The molecule has 1 aromatic carbocycles. The van der Waals surface area contributed by atoms with Gasteiger partial charge in [0.15, 0.2) is 0 Å². The van der Waals surface area contributed by atoms with Crippen molar-refractivity contribution < 1.29 is 0 Å². The molecule has 2 unspecified atom stereocenters. The largest absolute Gasteiger partial charge is 0.352 e. The number of aromatic nitrogens is 2. The first kappa shape index (κ1) is 12.9. The normalized spacial score (nSPS) is 23.1. The monoisotopic (exact) mass is 275 g/mol. The van der Waals surface area contributed by atoms with E-state index in [0.717, 1.165) is 16.7 Å². The third-order valence-corrected chi connectivity index (χ3v) is 5.26. The Kier molecular flexibility index (Phi) is 3.69. The second kappa shape index (κ2) is 5.45. The van der Waals surface area contributed by atoms with Crippen LogP contribution in [-0.4, -0.2) is 26.6 Å². The maximum atomic E-state index is 4.71. The summed E-state index contributed by atoms with van der Waals surface area (Å²) in [6, 6.07) is 8.89. The second-order valence-corrected chi connectivity index (χ2v) is 6.67. The fraction of sp³-hybridized carbons (Fsp3) is 0.533. The lowest BCUT2D eigenvalue weighted by Crippen LogP contribution is -2.27. The van der Waals surface area contributed by atoms with Crippen LogP contribution in [0.3, 0.4) is 0 Å². The molecule has 1 aliphatic carbocycles. The zero-order valence-electron chi connectivity index (χ0n) is 11.6. The number of thioether (sulfide) groups is 1. The Labute approximate surface area is 118 Å². The maximum absolute atomic E-state index is 4.71. The van der Waals surface area contributed by atoms with E-state index in [1.165, 1.54) is 30.5 Å². The summed E-state index contributed by atoms with van der Waals surface area (Å²) < 4.78 is 2.17. The van der Waals surface area contributed by atoms with Crippen molar-refractivity contribution in [3.63, 3.8) is 0 Å². The Balaban J connectivity index is 1.83. The van der Waals surface area contributed by atoms with Gasteiger partial charge in [-0.3, -0.25) is 0 Å². The molecule has 102 valence electrons. The van der Waals surface area contributed by atoms with Crippen LogP contribution in [0.15, 0.2) is 24.3 Å². The molecule has 0 saturated heterocycles. The topological polar surface area (TPSA) is 29.9 Å². The quantitative estimate of drug-likeness (QED) is 0.923. The Bertz CT molecular complexity index is 564. The van der Waals surface area contributed by atoms with Gasteiger partial charge in [0.25, 0.3) is 0 Å². The van der Waals surface area contributed by atoms with Gasteiger partial charge < -0.3 is 9.88 Å². The van der Waals surface area contributed by atoms with Gasteiger partial charge in [-0.2, -0.15) is 11.8 Å². The number of hydrogen-bond donors (Lipinski definition) is 1. The van der Waals surface area contributed by atoms with Gasteiger partial charge in [-0.25, -0.2) is 4.98 Å². The Hall–Kier alpha value is -1.16. The van der Waals surface area contributed by atoms with Crippen LogP contribution < -0.4 is 5.32 Å². The zero-order valence-corrected chi connectivity index (χ0v) is 12.4. The Morgan fingerprint density at radius 1 is 1.37 bits per heavy atom. The Morgan fingerprint density at radius 2 is 2.21 bits per heavy atom. The minimum absolute atomic E-state index is 0.570. The lowest BCUT2D eigenvalue weighted by Gasteiger charge is -2.20. The fourth-order valence-electron chi connectivity index (χ4n) is 2.95. The minimum Gasteiger partial charge on any atom is -0.352 e. The predicted molar refractivity (Wildman–Crippen MR) is 83.9 cm³/mol. The summed E-state index contributed by atoms with van der Waals surface area (Å²) in [4.78, 5) is 4.71. The van der Waals surface area contributed by atoms with Gasteiger partial charge in [-0.1, -0.05) is 25.5 Å². The first-order valence-corrected chi connectivity index (χ1v) is 8.14. The molecule has 3 nitrogen and oxygen atoms in total. The molecule has 0 amide bonds. The van der Waals surface area contributed by atoms with Gasteiger partial charge in [-0.15, -0.1) is 0 Å². The van der Waals surface area contributed by atoms with Gasteiger partial charge in [0.1, 0.15) is 0 Å². The highest BCUT2D eigenvalue weighted by Crippen LogP contribution is 2.32. The van der Waals surface area contributed by atoms with Gasteiger partial charge >= 0.3 is 0 Å². The lowest BCUT2D eigenvalue weighted by molar-refractivity contribution is 0.745. The molecule has 0 radical (unpaired) electrons. The van der Waals surface area contributed by atoms with E-state index in [2.05, 4.69) is 53.8 Å². The maximum Gasteiger partial charge on any atom is 0.203 e. The predicted octanol–water partition coefficient (Wildman–Crippen LogP) is 3.66. The number of para-hydroxylation sites is 2. The van der Waals surface area contributed by atoms with E-state index >= 15 is 0 Å². The zero-order chi connectivity index (χ0) is 13.2. The number of fused-ring (bicyclic) bond motifs is 1. The van der Waals surface area contributed by atoms with Crippen molar-refractivity contribution in [2.45, 2.75) is 37.5 Å². The average Bonchev–Trinajstić information content (AvgIpc) is 2.98. The number of imidazole rings is 1. The molecular formula is C15H21N3S. The number of hydrogen-bond acceptors (Lipinski definition) is 3. The first-order valence-electron chi connectivity index (χ1n) is 7.09. The van der Waals surface area contributed by atoms with E-state index in [-0.39, 0.29) is 0 Å². The smallest absolute Gasteiger partial charge is 0.203 e. The number of nitrogens with one attached hydrogen (secondary N) is 1. The molecule has 0 bridgehead atoms. The van der Waals surface area contributed by atoms with Crippen molar-refractivity contribution in [3.05, 3.63) is 24.3 Å². The van der Waals surface area contributed by atoms with Crippen LogP contribution in [0.2, 0.25) is 0 Å². The molecule has 1 aliphatic rings. The lowest BCUT2D eigenvalue weighted by atomic mass is 10.2. The van der Waals surface area contributed by atoms with Gasteiger partial charge in [-0.05, 0) is 30.7 Å². The fourth-order valence-corrected chi connectivity index (χ4v) is 4.14. The SMILES string of the molecule is CCSC1CCCC1Nc1nc2ccccc2n1C. The average molecular weight is 275 g/mol. The summed E-state index contributed by atoms with van der Waals surface area (Å²) in [5, 5.41) is 4.41. The van der Waals surface area contributed by atoms with Crippen LogP contribution >= 0.6 is 11.8 Å². The molecule has 1 N–H and O–H groups in total. The van der Waals surface area contributed by atoms with E-state index in [0.29, 0.717) is 6.04 Å². The molecule has 0 spiro atoms. The summed E-state index contributed by atoms with van der Waals surface area (Å²) in [7, 11) is 2.09. The van der Waals surface area contributed by atoms with Crippen LogP contribution in [-0.2, 0) is 7.05 Å². The van der Waals surface area contributed by atoms with Gasteiger partial charge in [0.2, 0.25) is 5.95 Å². The molecule has 2 aromatic rings. The van der Waals surface area contributed by atoms with E-state index in [9.17, 15) is 0 Å². The third-order valence-electron chi connectivity index (χ3n) is 3.93. The number of rotatable bonds is 4. The van der Waals surface area contributed by atoms with Crippen molar-refractivity contribution in [1.82, 2.24) is 9.55 Å².